The maximum absolute atomic E-state index is 11.9. The Balaban J connectivity index is 2.35. The fourth-order valence-electron chi connectivity index (χ4n) is 1.89. The van der Waals surface area contributed by atoms with E-state index in [1.807, 2.05) is 11.8 Å². The van der Waals surface area contributed by atoms with Gasteiger partial charge in [-0.1, -0.05) is 0 Å². The van der Waals surface area contributed by atoms with Crippen LogP contribution in [0.3, 0.4) is 0 Å². The first kappa shape index (κ1) is 14.0. The minimum absolute atomic E-state index is 0.143. The van der Waals surface area contributed by atoms with Gasteiger partial charge in [0.15, 0.2) is 0 Å². The normalized spacial score (nSPS) is 21.2. The molecule has 0 saturated carbocycles. The molecule has 2 rings (SSSR count). The van der Waals surface area contributed by atoms with Gasteiger partial charge in [-0.05, 0) is 23.0 Å². The number of aromatic amines is 1. The topological polar surface area (TPSA) is 58.2 Å². The van der Waals surface area contributed by atoms with Crippen molar-refractivity contribution in [2.45, 2.75) is 12.6 Å². The molecule has 2 heterocycles. The van der Waals surface area contributed by atoms with Crippen LogP contribution in [0.5, 0.6) is 0 Å². The number of thioether (sulfide) groups is 1. The number of hydrogen-bond acceptors (Lipinski definition) is 5. The molecule has 1 aliphatic rings. The highest BCUT2D eigenvalue weighted by atomic mass is 79.9. The zero-order valence-corrected chi connectivity index (χ0v) is 12.8. The highest BCUT2D eigenvalue weighted by molar-refractivity contribution is 9.10. The van der Waals surface area contributed by atoms with Crippen molar-refractivity contribution in [3.05, 3.63) is 26.3 Å². The van der Waals surface area contributed by atoms with Crippen LogP contribution in [-0.4, -0.2) is 47.1 Å². The number of ether oxygens (including phenoxy) is 1. The van der Waals surface area contributed by atoms with Crippen LogP contribution >= 0.6 is 27.7 Å². The van der Waals surface area contributed by atoms with Crippen molar-refractivity contribution in [3.63, 3.8) is 0 Å². The van der Waals surface area contributed by atoms with E-state index in [4.69, 9.17) is 4.74 Å². The highest BCUT2D eigenvalue weighted by Crippen LogP contribution is 2.26. The Bertz CT molecular complexity index is 480. The van der Waals surface area contributed by atoms with Gasteiger partial charge >= 0.3 is 0 Å². The molecular formula is C11H16BrN3O2S. The van der Waals surface area contributed by atoms with Gasteiger partial charge in [0, 0.05) is 25.2 Å². The van der Waals surface area contributed by atoms with Crippen molar-refractivity contribution in [3.8, 4) is 0 Å². The standard InChI is InChI=1S/C11H16BrN3O2S/c1-15-3-4-18-6-8(15)10-13-7(5-17-2)9(12)11(16)14-10/h8H,3-6H2,1-2H3,(H,13,14,16). The molecular weight excluding hydrogens is 318 g/mol. The number of nitrogens with one attached hydrogen (secondary N) is 1. The van der Waals surface area contributed by atoms with Crippen LogP contribution in [0.15, 0.2) is 9.27 Å². The van der Waals surface area contributed by atoms with Crippen molar-refractivity contribution in [2.75, 3.05) is 32.2 Å². The SMILES string of the molecule is COCc1nc(C2CSCCN2C)[nH]c(=O)c1Br. The number of nitrogens with zero attached hydrogens (tertiary/aromatic N) is 2. The molecule has 7 heteroatoms. The molecule has 1 aromatic rings. The molecule has 1 fully saturated rings. The molecule has 1 aliphatic heterocycles. The first-order valence-corrected chi connectivity index (χ1v) is 7.63. The lowest BCUT2D eigenvalue weighted by Gasteiger charge is -2.31. The van der Waals surface area contributed by atoms with Gasteiger partial charge in [-0.25, -0.2) is 4.98 Å². The summed E-state index contributed by atoms with van der Waals surface area (Å²) in [7, 11) is 3.65. The first-order valence-electron chi connectivity index (χ1n) is 5.69. The van der Waals surface area contributed by atoms with Crippen LogP contribution in [0.4, 0.5) is 0 Å². The minimum Gasteiger partial charge on any atom is -0.378 e. The Morgan fingerprint density at radius 3 is 3.11 bits per heavy atom. The minimum atomic E-state index is -0.143. The van der Waals surface area contributed by atoms with Crippen molar-refractivity contribution in [2.24, 2.45) is 0 Å². The molecule has 0 aromatic carbocycles. The van der Waals surface area contributed by atoms with E-state index >= 15 is 0 Å². The molecule has 100 valence electrons. The summed E-state index contributed by atoms with van der Waals surface area (Å²) < 4.78 is 5.53. The van der Waals surface area contributed by atoms with Crippen molar-refractivity contribution >= 4 is 27.7 Å². The molecule has 1 atom stereocenters. The number of rotatable bonds is 3. The van der Waals surface area contributed by atoms with Crippen molar-refractivity contribution in [1.29, 1.82) is 0 Å². The highest BCUT2D eigenvalue weighted by Gasteiger charge is 2.24. The van der Waals surface area contributed by atoms with E-state index in [2.05, 4.69) is 37.8 Å². The van der Waals surface area contributed by atoms with E-state index in [0.29, 0.717) is 16.8 Å². The largest absolute Gasteiger partial charge is 0.378 e. The maximum atomic E-state index is 11.9. The summed E-state index contributed by atoms with van der Waals surface area (Å²) in [4.78, 5) is 21.4. The van der Waals surface area contributed by atoms with Crippen molar-refractivity contribution < 1.29 is 4.74 Å². The molecule has 1 saturated heterocycles. The first-order chi connectivity index (χ1) is 8.63. The summed E-state index contributed by atoms with van der Waals surface area (Å²) in [5.74, 6) is 2.80. The third kappa shape index (κ3) is 2.96. The van der Waals surface area contributed by atoms with E-state index in [1.165, 1.54) is 0 Å². The van der Waals surface area contributed by atoms with Gasteiger partial charge in [-0.2, -0.15) is 11.8 Å². The molecule has 0 radical (unpaired) electrons. The van der Waals surface area contributed by atoms with Gasteiger partial charge in [0.05, 0.1) is 18.3 Å². The van der Waals surface area contributed by atoms with Gasteiger partial charge in [-0.3, -0.25) is 9.69 Å². The van der Waals surface area contributed by atoms with Crippen LogP contribution in [0.1, 0.15) is 17.6 Å². The van der Waals surface area contributed by atoms with Gasteiger partial charge in [0.2, 0.25) is 0 Å². The van der Waals surface area contributed by atoms with Crippen LogP contribution in [-0.2, 0) is 11.3 Å². The zero-order chi connectivity index (χ0) is 13.1. The summed E-state index contributed by atoms with van der Waals surface area (Å²) in [5, 5.41) is 0. The second-order valence-electron chi connectivity index (χ2n) is 4.22. The lowest BCUT2D eigenvalue weighted by atomic mass is 10.2. The molecule has 0 bridgehead atoms. The summed E-state index contributed by atoms with van der Waals surface area (Å²) in [6.45, 7) is 1.34. The number of methoxy groups -OCH3 is 1. The predicted molar refractivity (Wildman–Crippen MR) is 76.0 cm³/mol. The Morgan fingerprint density at radius 2 is 2.44 bits per heavy atom. The summed E-state index contributed by atoms with van der Waals surface area (Å²) in [6.07, 6.45) is 0. The predicted octanol–water partition coefficient (Wildman–Crippen LogP) is 1.40. The van der Waals surface area contributed by atoms with E-state index in [1.54, 1.807) is 7.11 Å². The number of H-pyrrole nitrogens is 1. The average molecular weight is 334 g/mol. The van der Waals surface area contributed by atoms with Gasteiger partial charge < -0.3 is 9.72 Å². The molecule has 1 N–H and O–H groups in total. The van der Waals surface area contributed by atoms with Gasteiger partial charge in [0.25, 0.3) is 5.56 Å². The summed E-state index contributed by atoms with van der Waals surface area (Å²) >= 11 is 5.13. The molecule has 0 spiro atoms. The lowest BCUT2D eigenvalue weighted by Crippen LogP contribution is -2.35. The smallest absolute Gasteiger partial charge is 0.265 e. The molecule has 1 unspecified atom stereocenters. The molecule has 0 amide bonds. The van der Waals surface area contributed by atoms with E-state index < -0.39 is 0 Å². The number of hydrogen-bond donors (Lipinski definition) is 1. The maximum Gasteiger partial charge on any atom is 0.265 e. The van der Waals surface area contributed by atoms with E-state index in [9.17, 15) is 4.79 Å². The van der Waals surface area contributed by atoms with Gasteiger partial charge in [-0.15, -0.1) is 0 Å². The number of halogens is 1. The zero-order valence-electron chi connectivity index (χ0n) is 10.4. The Morgan fingerprint density at radius 1 is 1.67 bits per heavy atom. The third-order valence-electron chi connectivity index (χ3n) is 2.94. The van der Waals surface area contributed by atoms with E-state index in [0.717, 1.165) is 23.9 Å². The van der Waals surface area contributed by atoms with Crippen LogP contribution in [0, 0.1) is 0 Å². The van der Waals surface area contributed by atoms with Gasteiger partial charge in [0.1, 0.15) is 10.3 Å². The average Bonchev–Trinajstić information content (AvgIpc) is 2.35. The van der Waals surface area contributed by atoms with Crippen LogP contribution in [0.2, 0.25) is 0 Å². The second-order valence-corrected chi connectivity index (χ2v) is 6.16. The van der Waals surface area contributed by atoms with Crippen molar-refractivity contribution in [1.82, 2.24) is 14.9 Å². The molecule has 5 nitrogen and oxygen atoms in total. The second kappa shape index (κ2) is 6.18. The Labute approximate surface area is 118 Å². The summed E-state index contributed by atoms with van der Waals surface area (Å²) in [6, 6.07) is 0.167. The van der Waals surface area contributed by atoms with Crippen LogP contribution in [0.25, 0.3) is 0 Å². The molecule has 1 aromatic heterocycles. The Hall–Kier alpha value is -0.370. The molecule has 18 heavy (non-hydrogen) atoms. The summed E-state index contributed by atoms with van der Waals surface area (Å²) in [5.41, 5.74) is 0.510. The number of aromatic nitrogens is 2. The quantitative estimate of drug-likeness (QED) is 0.906. The van der Waals surface area contributed by atoms with E-state index in [-0.39, 0.29) is 11.6 Å². The fourth-order valence-corrected chi connectivity index (χ4v) is 3.41. The monoisotopic (exact) mass is 333 g/mol. The fraction of sp³-hybridized carbons (Fsp3) is 0.636. The molecule has 0 aliphatic carbocycles. The third-order valence-corrected chi connectivity index (χ3v) is 4.78. The Kier molecular flexibility index (Phi) is 4.83. The van der Waals surface area contributed by atoms with Crippen LogP contribution < -0.4 is 5.56 Å². The lowest BCUT2D eigenvalue weighted by molar-refractivity contribution is 0.179.